The van der Waals surface area contributed by atoms with Crippen LogP contribution in [0, 0.1) is 6.92 Å². The lowest BCUT2D eigenvalue weighted by Crippen LogP contribution is -1.96. The topological polar surface area (TPSA) is 17.1 Å². The molecule has 0 fully saturated rings. The van der Waals surface area contributed by atoms with E-state index in [2.05, 4.69) is 0 Å². The van der Waals surface area contributed by atoms with E-state index in [1.165, 1.54) is 0 Å². The average Bonchev–Trinajstić information content (AvgIpc) is 2.43. The summed E-state index contributed by atoms with van der Waals surface area (Å²) in [5.41, 5.74) is 2.65. The summed E-state index contributed by atoms with van der Waals surface area (Å²) in [6.07, 6.45) is 1.39. The number of fused-ring (bicyclic) bond motifs is 1. The second-order valence-electron chi connectivity index (χ2n) is 3.25. The Kier molecular flexibility index (Phi) is 2.09. The first-order chi connectivity index (χ1) is 6.11. The van der Waals surface area contributed by atoms with Crippen molar-refractivity contribution < 1.29 is 4.79 Å². The predicted octanol–water partition coefficient (Wildman–Crippen LogP) is 3.43. The van der Waals surface area contributed by atoms with Gasteiger partial charge in [-0.25, -0.2) is 0 Å². The van der Waals surface area contributed by atoms with Crippen molar-refractivity contribution in [2.45, 2.75) is 19.8 Å². The number of carbonyl (C=O) groups excluding carboxylic acids is 1. The molecule has 1 aliphatic carbocycles. The van der Waals surface area contributed by atoms with E-state index < -0.39 is 0 Å². The van der Waals surface area contributed by atoms with Gasteiger partial charge in [-0.2, -0.15) is 0 Å². The molecule has 0 saturated carbocycles. The van der Waals surface area contributed by atoms with Crippen molar-refractivity contribution in [3.63, 3.8) is 0 Å². The molecule has 1 aromatic rings. The third-order valence-corrected chi connectivity index (χ3v) is 3.32. The Morgan fingerprint density at radius 2 is 2.00 bits per heavy atom. The minimum Gasteiger partial charge on any atom is -0.294 e. The molecule has 0 aromatic heterocycles. The van der Waals surface area contributed by atoms with Crippen LogP contribution in [0.5, 0.6) is 0 Å². The van der Waals surface area contributed by atoms with Gasteiger partial charge in [-0.15, -0.1) is 0 Å². The van der Waals surface area contributed by atoms with Crippen molar-refractivity contribution in [1.29, 1.82) is 0 Å². The molecule has 1 nitrogen and oxygen atoms in total. The van der Waals surface area contributed by atoms with E-state index in [1.54, 1.807) is 6.07 Å². The molecule has 13 heavy (non-hydrogen) atoms. The van der Waals surface area contributed by atoms with Crippen molar-refractivity contribution in [3.8, 4) is 0 Å². The fraction of sp³-hybridized carbons (Fsp3) is 0.300. The van der Waals surface area contributed by atoms with Crippen LogP contribution in [0.2, 0.25) is 10.0 Å². The minimum absolute atomic E-state index is 0.186. The zero-order valence-electron chi connectivity index (χ0n) is 7.16. The fourth-order valence-electron chi connectivity index (χ4n) is 1.78. The fourth-order valence-corrected chi connectivity index (χ4v) is 2.20. The number of hydrogen-bond acceptors (Lipinski definition) is 1. The van der Waals surface area contributed by atoms with E-state index in [0.717, 1.165) is 23.1 Å². The maximum Gasteiger partial charge on any atom is 0.163 e. The van der Waals surface area contributed by atoms with Gasteiger partial charge in [-0.3, -0.25) is 4.79 Å². The highest BCUT2D eigenvalue weighted by atomic mass is 35.5. The molecular formula is C10H8Cl2O. The van der Waals surface area contributed by atoms with Gasteiger partial charge in [0.1, 0.15) is 0 Å². The molecular weight excluding hydrogens is 207 g/mol. The molecule has 1 aliphatic rings. The van der Waals surface area contributed by atoms with Gasteiger partial charge in [0.2, 0.25) is 0 Å². The lowest BCUT2D eigenvalue weighted by Gasteiger charge is -2.06. The molecule has 0 heterocycles. The highest BCUT2D eigenvalue weighted by molar-refractivity contribution is 6.43. The Hall–Kier alpha value is -0.530. The van der Waals surface area contributed by atoms with Crippen LogP contribution in [0.25, 0.3) is 0 Å². The molecule has 0 aliphatic heterocycles. The van der Waals surface area contributed by atoms with Crippen LogP contribution in [0.3, 0.4) is 0 Å². The Bertz CT molecular complexity index is 396. The van der Waals surface area contributed by atoms with Gasteiger partial charge in [-0.1, -0.05) is 23.2 Å². The summed E-state index contributed by atoms with van der Waals surface area (Å²) in [4.78, 5) is 11.4. The number of carbonyl (C=O) groups is 1. The molecule has 0 atom stereocenters. The summed E-state index contributed by atoms with van der Waals surface area (Å²) in [7, 11) is 0. The van der Waals surface area contributed by atoms with Crippen LogP contribution >= 0.6 is 23.2 Å². The van der Waals surface area contributed by atoms with Crippen molar-refractivity contribution in [2.24, 2.45) is 0 Å². The van der Waals surface area contributed by atoms with E-state index in [4.69, 9.17) is 23.2 Å². The number of aryl methyl sites for hydroxylation is 1. The first kappa shape index (κ1) is 9.04. The third-order valence-electron chi connectivity index (χ3n) is 2.44. The molecule has 0 spiro atoms. The van der Waals surface area contributed by atoms with Crippen molar-refractivity contribution in [1.82, 2.24) is 0 Å². The van der Waals surface area contributed by atoms with Gasteiger partial charge < -0.3 is 0 Å². The van der Waals surface area contributed by atoms with E-state index in [1.807, 2.05) is 6.92 Å². The Labute approximate surface area is 86.7 Å². The zero-order chi connectivity index (χ0) is 9.59. The first-order valence-corrected chi connectivity index (χ1v) is 4.87. The number of ketones is 1. The van der Waals surface area contributed by atoms with E-state index in [-0.39, 0.29) is 5.78 Å². The minimum atomic E-state index is 0.186. The average molecular weight is 215 g/mol. The van der Waals surface area contributed by atoms with Crippen LogP contribution in [0.15, 0.2) is 6.07 Å². The van der Waals surface area contributed by atoms with Crippen LogP contribution in [-0.2, 0) is 6.42 Å². The molecule has 0 N–H and O–H groups in total. The Balaban J connectivity index is 2.75. The van der Waals surface area contributed by atoms with Crippen LogP contribution in [0.4, 0.5) is 0 Å². The van der Waals surface area contributed by atoms with Crippen molar-refractivity contribution >= 4 is 29.0 Å². The van der Waals surface area contributed by atoms with Gasteiger partial charge in [0.05, 0.1) is 10.0 Å². The maximum atomic E-state index is 11.4. The highest BCUT2D eigenvalue weighted by Gasteiger charge is 2.24. The van der Waals surface area contributed by atoms with Gasteiger partial charge >= 0.3 is 0 Å². The molecule has 0 saturated heterocycles. The number of halogens is 2. The SMILES string of the molecule is Cc1c(Cl)c(Cl)cc2c1C(=O)CC2. The number of Topliss-reactive ketones (excluding diaryl/α,β-unsaturated/α-hetero) is 1. The largest absolute Gasteiger partial charge is 0.294 e. The van der Waals surface area contributed by atoms with Gasteiger partial charge in [0.25, 0.3) is 0 Å². The Morgan fingerprint density at radius 3 is 2.69 bits per heavy atom. The van der Waals surface area contributed by atoms with E-state index in [0.29, 0.717) is 16.5 Å². The summed E-state index contributed by atoms with van der Waals surface area (Å²) in [6.45, 7) is 1.84. The van der Waals surface area contributed by atoms with Gasteiger partial charge in [0.15, 0.2) is 5.78 Å². The monoisotopic (exact) mass is 214 g/mol. The standard InChI is InChI=1S/C10H8Cl2O/c1-5-9-6(2-3-8(9)13)4-7(11)10(5)12/h4H,2-3H2,1H3. The summed E-state index contributed by atoms with van der Waals surface area (Å²) in [5.74, 6) is 0.186. The summed E-state index contributed by atoms with van der Waals surface area (Å²) in [6, 6.07) is 1.80. The van der Waals surface area contributed by atoms with E-state index >= 15 is 0 Å². The number of benzene rings is 1. The summed E-state index contributed by atoms with van der Waals surface area (Å²) < 4.78 is 0. The Morgan fingerprint density at radius 1 is 1.31 bits per heavy atom. The quantitative estimate of drug-likeness (QED) is 0.647. The van der Waals surface area contributed by atoms with Crippen LogP contribution < -0.4 is 0 Å². The van der Waals surface area contributed by atoms with Crippen LogP contribution in [-0.4, -0.2) is 5.78 Å². The smallest absolute Gasteiger partial charge is 0.163 e. The molecule has 0 radical (unpaired) electrons. The molecule has 0 bridgehead atoms. The molecule has 0 amide bonds. The molecule has 1 aromatic carbocycles. The normalized spacial score (nSPS) is 14.8. The molecule has 0 unspecified atom stereocenters. The predicted molar refractivity (Wildman–Crippen MR) is 53.9 cm³/mol. The lowest BCUT2D eigenvalue weighted by molar-refractivity contribution is 0.0994. The molecule has 2 rings (SSSR count). The summed E-state index contributed by atoms with van der Waals surface area (Å²) in [5, 5.41) is 1.06. The van der Waals surface area contributed by atoms with Crippen LogP contribution in [0.1, 0.15) is 27.9 Å². The molecule has 68 valence electrons. The first-order valence-electron chi connectivity index (χ1n) is 4.12. The number of rotatable bonds is 0. The summed E-state index contributed by atoms with van der Waals surface area (Å²) >= 11 is 11.8. The number of hydrogen-bond donors (Lipinski definition) is 0. The molecule has 3 heteroatoms. The van der Waals surface area contributed by atoms with Gasteiger partial charge in [0, 0.05) is 12.0 Å². The second kappa shape index (κ2) is 3.00. The third kappa shape index (κ3) is 1.27. The highest BCUT2D eigenvalue weighted by Crippen LogP contribution is 2.35. The van der Waals surface area contributed by atoms with Gasteiger partial charge in [-0.05, 0) is 30.5 Å². The van der Waals surface area contributed by atoms with Crippen molar-refractivity contribution in [2.75, 3.05) is 0 Å². The lowest BCUT2D eigenvalue weighted by atomic mass is 10.0. The maximum absolute atomic E-state index is 11.4. The zero-order valence-corrected chi connectivity index (χ0v) is 8.67. The van der Waals surface area contributed by atoms with E-state index in [9.17, 15) is 4.79 Å². The van der Waals surface area contributed by atoms with Crippen molar-refractivity contribution in [3.05, 3.63) is 32.8 Å². The second-order valence-corrected chi connectivity index (χ2v) is 4.04.